The molecule has 0 fully saturated rings. The van der Waals surface area contributed by atoms with Crippen LogP contribution in [0.4, 0.5) is 0 Å². The van der Waals surface area contributed by atoms with E-state index in [9.17, 15) is 0 Å². The van der Waals surface area contributed by atoms with Crippen molar-refractivity contribution >= 4 is 110 Å². The summed E-state index contributed by atoms with van der Waals surface area (Å²) >= 11 is 0. The van der Waals surface area contributed by atoms with Crippen LogP contribution in [0.5, 0.6) is 0 Å². The van der Waals surface area contributed by atoms with E-state index in [4.69, 9.17) is 0 Å². The molecule has 13 aromatic rings. The van der Waals surface area contributed by atoms with E-state index in [2.05, 4.69) is 265 Å². The minimum absolute atomic E-state index is 0.0130. The molecule has 15 rings (SSSR count). The van der Waals surface area contributed by atoms with Gasteiger partial charge in [0.05, 0.1) is 38.6 Å². The predicted octanol–water partition coefficient (Wildman–Crippen LogP) is 16.4. The van der Waals surface area contributed by atoms with Crippen molar-refractivity contribution in [2.45, 2.75) is 105 Å². The molecule has 0 radical (unpaired) electrons. The summed E-state index contributed by atoms with van der Waals surface area (Å²) in [4.78, 5) is 0. The highest BCUT2D eigenvalue weighted by atomic mass is 15.0. The van der Waals surface area contributed by atoms with Gasteiger partial charge in [-0.3, -0.25) is 0 Å². The molecule has 75 heavy (non-hydrogen) atoms. The van der Waals surface area contributed by atoms with E-state index in [1.54, 1.807) is 0 Å². The van der Waals surface area contributed by atoms with Gasteiger partial charge in [-0.15, -0.1) is 0 Å². The molecule has 366 valence electrons. The lowest BCUT2D eigenvalue weighted by molar-refractivity contribution is 0.590. The van der Waals surface area contributed by atoms with Crippen molar-refractivity contribution in [1.29, 1.82) is 0 Å². The molecule has 0 bridgehead atoms. The molecule has 5 heteroatoms. The Morgan fingerprint density at radius 2 is 0.720 bits per heavy atom. The van der Waals surface area contributed by atoms with E-state index in [0.717, 1.165) is 11.4 Å². The third-order valence-corrected chi connectivity index (χ3v) is 17.5. The summed E-state index contributed by atoms with van der Waals surface area (Å²) in [7, 11) is 0. The van der Waals surface area contributed by atoms with Crippen LogP contribution >= 0.6 is 0 Å². The van der Waals surface area contributed by atoms with Gasteiger partial charge in [0, 0.05) is 71.4 Å². The number of hydrogen-bond donors (Lipinski definition) is 0. The van der Waals surface area contributed by atoms with E-state index in [-0.39, 0.29) is 28.4 Å². The molecule has 0 unspecified atom stereocenters. The van der Waals surface area contributed by atoms with Gasteiger partial charge in [0.25, 0.3) is 6.71 Å². The fourth-order valence-electron chi connectivity index (χ4n) is 13.7. The van der Waals surface area contributed by atoms with Crippen LogP contribution < -0.4 is 16.4 Å². The van der Waals surface area contributed by atoms with Crippen molar-refractivity contribution in [1.82, 2.24) is 18.3 Å². The van der Waals surface area contributed by atoms with Gasteiger partial charge < -0.3 is 18.3 Å². The molecule has 6 heterocycles. The average molecular weight is 971 g/mol. The molecule has 4 aromatic heterocycles. The Morgan fingerprint density at radius 3 is 1.28 bits per heavy atom. The highest BCUT2D eigenvalue weighted by Crippen LogP contribution is 2.45. The van der Waals surface area contributed by atoms with E-state index in [1.807, 2.05) is 0 Å². The molecule has 0 saturated heterocycles. The van der Waals surface area contributed by atoms with Crippen molar-refractivity contribution in [2.75, 3.05) is 0 Å². The van der Waals surface area contributed by atoms with Crippen LogP contribution in [-0.2, 0) is 21.7 Å². The van der Waals surface area contributed by atoms with Crippen LogP contribution in [0.3, 0.4) is 0 Å². The molecule has 4 nitrogen and oxygen atoms in total. The number of hydrogen-bond acceptors (Lipinski definition) is 0. The second-order valence-electron chi connectivity index (χ2n) is 26.3. The van der Waals surface area contributed by atoms with Crippen LogP contribution in [0.25, 0.3) is 110 Å². The smallest absolute Gasteiger partial charge is 0.253 e. The van der Waals surface area contributed by atoms with Crippen molar-refractivity contribution in [3.8, 4) is 22.7 Å². The van der Waals surface area contributed by atoms with Gasteiger partial charge in [0.2, 0.25) is 0 Å². The lowest BCUT2D eigenvalue weighted by atomic mass is 9.33. The molecule has 9 aromatic carbocycles. The topological polar surface area (TPSA) is 19.7 Å². The number of aromatic nitrogens is 4. The maximum Gasteiger partial charge on any atom is 0.253 e. The molecule has 0 aliphatic carbocycles. The number of nitrogens with zero attached hydrogens (tertiary/aromatic N) is 4. The highest BCUT2D eigenvalue weighted by Gasteiger charge is 2.43. The van der Waals surface area contributed by atoms with Crippen molar-refractivity contribution in [2.24, 2.45) is 0 Å². The summed E-state index contributed by atoms with van der Waals surface area (Å²) in [5, 5.41) is 10.5. The SMILES string of the molecule is CC(C)(C)c1ccc2c(c1)c1cc(C(C)(C)C)ccc1n2-c1cccc(-n2c3ccccc3c3c4c5c(cc32)c2ccccc2n5-c2cccc3c2B4c2cc(C(C)(C)C)cc4c5cc(C(C)(C)C)ccc5n-3c24)c1. The Morgan fingerprint density at radius 1 is 0.293 bits per heavy atom. The highest BCUT2D eigenvalue weighted by molar-refractivity contribution is 7.02. The standard InChI is InChI=1S/C70H63BN4/c1-67(2,3)40-27-30-56-48(33-40)49-34-41(68(4,5)6)28-31-57(49)72(56)44-19-17-20-45(38-44)73-55-24-16-14-22-47(55)62-61(73)39-52-46-21-13-15-23-54(46)75-60-26-18-25-59-63(60)71(64(62)66(52)75)53-37-43(70(10,11)12)36-51-50-35-42(69(7,8)9)29-32-58(50)74(59)65(51)53/h13-39H,1-12H3. The lowest BCUT2D eigenvalue weighted by Gasteiger charge is -2.35. The fourth-order valence-corrected chi connectivity index (χ4v) is 13.7. The maximum absolute atomic E-state index is 2.62. The van der Waals surface area contributed by atoms with Gasteiger partial charge in [-0.1, -0.05) is 156 Å². The third-order valence-electron chi connectivity index (χ3n) is 17.5. The first-order chi connectivity index (χ1) is 35.8. The van der Waals surface area contributed by atoms with E-state index in [1.165, 1.54) is 137 Å². The van der Waals surface area contributed by atoms with Gasteiger partial charge in [0.15, 0.2) is 0 Å². The van der Waals surface area contributed by atoms with Gasteiger partial charge in [-0.2, -0.15) is 0 Å². The number of benzene rings is 9. The Labute approximate surface area is 439 Å². The van der Waals surface area contributed by atoms with Gasteiger partial charge >= 0.3 is 0 Å². The first-order valence-electron chi connectivity index (χ1n) is 27.2. The monoisotopic (exact) mass is 971 g/mol. The van der Waals surface area contributed by atoms with Crippen molar-refractivity contribution in [3.05, 3.63) is 186 Å². The summed E-state index contributed by atoms with van der Waals surface area (Å²) in [5.74, 6) is 0. The van der Waals surface area contributed by atoms with Gasteiger partial charge in [0.1, 0.15) is 0 Å². The Bertz CT molecular complexity index is 4620. The molecule has 0 spiro atoms. The first-order valence-corrected chi connectivity index (χ1v) is 27.2. The summed E-state index contributed by atoms with van der Waals surface area (Å²) < 4.78 is 10.3. The molecule has 0 saturated carbocycles. The van der Waals surface area contributed by atoms with Gasteiger partial charge in [-0.25, -0.2) is 0 Å². The van der Waals surface area contributed by atoms with Crippen molar-refractivity contribution < 1.29 is 0 Å². The minimum Gasteiger partial charge on any atom is -0.310 e. The largest absolute Gasteiger partial charge is 0.310 e. The van der Waals surface area contributed by atoms with E-state index >= 15 is 0 Å². The summed E-state index contributed by atoms with van der Waals surface area (Å²) in [6, 6.07) is 64.0. The summed E-state index contributed by atoms with van der Waals surface area (Å²) in [6.45, 7) is 28.1. The minimum atomic E-state index is -0.0768. The predicted molar refractivity (Wildman–Crippen MR) is 323 cm³/mol. The molecule has 0 amide bonds. The third kappa shape index (κ3) is 6.01. The van der Waals surface area contributed by atoms with Crippen LogP contribution in [0, 0.1) is 0 Å². The number of fused-ring (bicyclic) bond motifs is 17. The molecule has 2 aliphatic heterocycles. The zero-order valence-corrected chi connectivity index (χ0v) is 45.5. The number of rotatable bonds is 2. The van der Waals surface area contributed by atoms with E-state index < -0.39 is 0 Å². The molecular formula is C70H63BN4. The summed E-state index contributed by atoms with van der Waals surface area (Å²) in [6.07, 6.45) is 0. The first kappa shape index (κ1) is 44.7. The van der Waals surface area contributed by atoms with Gasteiger partial charge in [-0.05, 0) is 151 Å². The van der Waals surface area contributed by atoms with Crippen LogP contribution in [-0.4, -0.2) is 25.0 Å². The fraction of sp³-hybridized carbons (Fsp3) is 0.229. The molecule has 0 atom stereocenters. The Balaban J connectivity index is 1.06. The lowest BCUT2D eigenvalue weighted by Crippen LogP contribution is -2.59. The molecular weight excluding hydrogens is 908 g/mol. The zero-order valence-electron chi connectivity index (χ0n) is 45.5. The second kappa shape index (κ2) is 14.5. The zero-order chi connectivity index (χ0) is 51.6. The van der Waals surface area contributed by atoms with E-state index in [0.29, 0.717) is 0 Å². The quantitative estimate of drug-likeness (QED) is 0.154. The van der Waals surface area contributed by atoms with Crippen molar-refractivity contribution in [3.63, 3.8) is 0 Å². The molecule has 0 N–H and O–H groups in total. The maximum atomic E-state index is 2.62. The van der Waals surface area contributed by atoms with Crippen LogP contribution in [0.1, 0.15) is 105 Å². The number of para-hydroxylation sites is 2. The Kier molecular flexibility index (Phi) is 8.67. The van der Waals surface area contributed by atoms with Crippen LogP contribution in [0.2, 0.25) is 0 Å². The normalized spacial score (nSPS) is 13.8. The summed E-state index contributed by atoms with van der Waals surface area (Å²) in [5.41, 5.74) is 24.5. The Hall–Kier alpha value is -7.76. The second-order valence-corrected chi connectivity index (χ2v) is 26.3. The van der Waals surface area contributed by atoms with Crippen LogP contribution in [0.15, 0.2) is 164 Å². The average Bonchev–Trinajstić information content (AvgIpc) is 4.29. The molecule has 2 aliphatic rings.